The van der Waals surface area contributed by atoms with Crippen LogP contribution in [-0.2, 0) is 9.31 Å². The van der Waals surface area contributed by atoms with Crippen LogP contribution in [0.2, 0.25) is 5.02 Å². The van der Waals surface area contributed by atoms with Crippen molar-refractivity contribution in [3.63, 3.8) is 0 Å². The van der Waals surface area contributed by atoms with Gasteiger partial charge >= 0.3 is 7.12 Å². The second kappa shape index (κ2) is 6.05. The fourth-order valence-corrected chi connectivity index (χ4v) is 2.58. The molecule has 1 aliphatic rings. The van der Waals surface area contributed by atoms with Gasteiger partial charge in [-0.2, -0.15) is 0 Å². The first-order chi connectivity index (χ1) is 9.66. The molecule has 0 amide bonds. The first-order valence-electron chi connectivity index (χ1n) is 6.87. The molecule has 6 heteroatoms. The molecule has 1 heterocycles. The van der Waals surface area contributed by atoms with Crippen molar-refractivity contribution >= 4 is 40.7 Å². The van der Waals surface area contributed by atoms with Gasteiger partial charge < -0.3 is 15.0 Å². The molecule has 3 nitrogen and oxygen atoms in total. The van der Waals surface area contributed by atoms with Crippen LogP contribution in [0.1, 0.15) is 33.3 Å². The number of hydrogen-bond acceptors (Lipinski definition) is 3. The summed E-state index contributed by atoms with van der Waals surface area (Å²) in [5.74, 6) is 0. The van der Waals surface area contributed by atoms with Crippen molar-refractivity contribution < 1.29 is 9.31 Å². The Hall–Kier alpha value is -0.325. The molecule has 1 aromatic rings. The van der Waals surface area contributed by atoms with Gasteiger partial charge in [0.2, 0.25) is 0 Å². The maximum atomic E-state index is 6.05. The predicted molar refractivity (Wildman–Crippen MR) is 92.3 cm³/mol. The first kappa shape index (κ1) is 17.0. The van der Waals surface area contributed by atoms with Gasteiger partial charge in [0, 0.05) is 16.0 Å². The van der Waals surface area contributed by atoms with Crippen LogP contribution < -0.4 is 5.73 Å². The summed E-state index contributed by atoms with van der Waals surface area (Å²) in [6.07, 6.45) is 1.97. The van der Waals surface area contributed by atoms with Crippen LogP contribution in [0.25, 0.3) is 6.08 Å². The average Bonchev–Trinajstić information content (AvgIpc) is 2.59. The van der Waals surface area contributed by atoms with E-state index >= 15 is 0 Å². The van der Waals surface area contributed by atoms with Gasteiger partial charge in [-0.25, -0.2) is 0 Å². The average molecular weight is 372 g/mol. The Kier molecular flexibility index (Phi) is 4.91. The Labute approximate surface area is 140 Å². The number of rotatable bonds is 3. The molecule has 0 aliphatic carbocycles. The molecule has 0 atom stereocenters. The summed E-state index contributed by atoms with van der Waals surface area (Å²) >= 11 is 9.57. The summed E-state index contributed by atoms with van der Waals surface area (Å²) in [5.41, 5.74) is 6.98. The van der Waals surface area contributed by atoms with E-state index in [9.17, 15) is 0 Å². The highest BCUT2D eigenvalue weighted by Crippen LogP contribution is 2.39. The highest BCUT2D eigenvalue weighted by atomic mass is 79.9. The highest BCUT2D eigenvalue weighted by molar-refractivity contribution is 9.10. The molecular formula is C15H20BBrClNO2. The lowest BCUT2D eigenvalue weighted by Gasteiger charge is -2.32. The van der Waals surface area contributed by atoms with E-state index in [1.54, 1.807) is 0 Å². The Morgan fingerprint density at radius 2 is 1.86 bits per heavy atom. The number of benzene rings is 1. The Balaban J connectivity index is 2.33. The summed E-state index contributed by atoms with van der Waals surface area (Å²) in [5, 5.41) is 0.676. The van der Waals surface area contributed by atoms with E-state index in [4.69, 9.17) is 26.6 Å². The molecule has 1 saturated heterocycles. The lowest BCUT2D eigenvalue weighted by molar-refractivity contribution is 0.00578. The van der Waals surface area contributed by atoms with Gasteiger partial charge in [0.15, 0.2) is 0 Å². The van der Waals surface area contributed by atoms with Gasteiger partial charge in [0.25, 0.3) is 0 Å². The zero-order valence-corrected chi connectivity index (χ0v) is 15.1. The van der Waals surface area contributed by atoms with Crippen LogP contribution in [0.3, 0.4) is 0 Å². The topological polar surface area (TPSA) is 44.5 Å². The lowest BCUT2D eigenvalue weighted by atomic mass is 9.77. The minimum Gasteiger partial charge on any atom is -0.400 e. The third-order valence-corrected chi connectivity index (χ3v) is 5.05. The van der Waals surface area contributed by atoms with Crippen LogP contribution in [0.4, 0.5) is 0 Å². The van der Waals surface area contributed by atoms with Crippen LogP contribution in [0.15, 0.2) is 28.1 Å². The molecule has 0 bridgehead atoms. The quantitative estimate of drug-likeness (QED) is 0.813. The van der Waals surface area contributed by atoms with Crippen molar-refractivity contribution in [2.24, 2.45) is 5.73 Å². The fraction of sp³-hybridized carbons (Fsp3) is 0.467. The molecular weight excluding hydrogens is 352 g/mol. The molecule has 21 heavy (non-hydrogen) atoms. The molecule has 114 valence electrons. The largest absolute Gasteiger partial charge is 0.491 e. The van der Waals surface area contributed by atoms with Gasteiger partial charge in [-0.15, -0.1) is 0 Å². The molecule has 0 spiro atoms. The monoisotopic (exact) mass is 371 g/mol. The fourth-order valence-electron chi connectivity index (χ4n) is 2.04. The Morgan fingerprint density at radius 3 is 2.38 bits per heavy atom. The molecule has 0 unspecified atom stereocenters. The summed E-state index contributed by atoms with van der Waals surface area (Å²) in [4.78, 5) is 0. The molecule has 0 saturated carbocycles. The van der Waals surface area contributed by atoms with Crippen molar-refractivity contribution in [1.29, 1.82) is 0 Å². The SMILES string of the molecule is CC1(C)OB(C(=Cc2cc(Cl)ccc2Br)CN)OC1(C)C. The molecule has 2 N–H and O–H groups in total. The third kappa shape index (κ3) is 3.54. The Bertz CT molecular complexity index is 559. The van der Waals surface area contributed by atoms with Crippen molar-refractivity contribution in [1.82, 2.24) is 0 Å². The van der Waals surface area contributed by atoms with Crippen molar-refractivity contribution in [3.8, 4) is 0 Å². The molecule has 0 radical (unpaired) electrons. The lowest BCUT2D eigenvalue weighted by Crippen LogP contribution is -2.41. The van der Waals surface area contributed by atoms with Crippen LogP contribution >= 0.6 is 27.5 Å². The van der Waals surface area contributed by atoms with Gasteiger partial charge in [-0.05, 0) is 56.9 Å². The molecule has 2 rings (SSSR count). The smallest absolute Gasteiger partial charge is 0.400 e. The second-order valence-electron chi connectivity index (χ2n) is 6.18. The minimum atomic E-state index is -0.439. The van der Waals surface area contributed by atoms with E-state index in [1.165, 1.54) is 0 Å². The summed E-state index contributed by atoms with van der Waals surface area (Å²) in [7, 11) is -0.439. The van der Waals surface area contributed by atoms with Crippen molar-refractivity contribution in [3.05, 3.63) is 38.7 Å². The normalized spacial score (nSPS) is 20.9. The Morgan fingerprint density at radius 1 is 1.29 bits per heavy atom. The number of halogens is 2. The van der Waals surface area contributed by atoms with Gasteiger partial charge in [0.05, 0.1) is 11.2 Å². The van der Waals surface area contributed by atoms with Gasteiger partial charge in [0.1, 0.15) is 0 Å². The highest BCUT2D eigenvalue weighted by Gasteiger charge is 2.52. The summed E-state index contributed by atoms with van der Waals surface area (Å²) < 4.78 is 13.0. The van der Waals surface area contributed by atoms with Crippen LogP contribution in [-0.4, -0.2) is 24.9 Å². The predicted octanol–water partition coefficient (Wildman–Crippen LogP) is 4.08. The molecule has 1 fully saturated rings. The number of hydrogen-bond donors (Lipinski definition) is 1. The van der Waals surface area contributed by atoms with Gasteiger partial charge in [-0.1, -0.05) is 33.6 Å². The van der Waals surface area contributed by atoms with E-state index in [2.05, 4.69) is 15.9 Å². The first-order valence-corrected chi connectivity index (χ1v) is 8.04. The van der Waals surface area contributed by atoms with E-state index < -0.39 is 7.12 Å². The maximum Gasteiger partial charge on any atom is 0.491 e. The zero-order chi connectivity index (χ0) is 15.8. The number of nitrogens with two attached hydrogens (primary N) is 1. The molecule has 1 aromatic carbocycles. The van der Waals surface area contributed by atoms with E-state index in [1.807, 2.05) is 52.0 Å². The molecule has 1 aliphatic heterocycles. The molecule has 0 aromatic heterocycles. The van der Waals surface area contributed by atoms with E-state index in [0.29, 0.717) is 11.6 Å². The van der Waals surface area contributed by atoms with Crippen LogP contribution in [0, 0.1) is 0 Å². The van der Waals surface area contributed by atoms with Crippen molar-refractivity contribution in [2.75, 3.05) is 6.54 Å². The summed E-state index contributed by atoms with van der Waals surface area (Å²) in [6.45, 7) is 8.45. The maximum absolute atomic E-state index is 6.05. The van der Waals surface area contributed by atoms with Crippen molar-refractivity contribution in [2.45, 2.75) is 38.9 Å². The van der Waals surface area contributed by atoms with Gasteiger partial charge in [-0.3, -0.25) is 0 Å². The zero-order valence-electron chi connectivity index (χ0n) is 12.7. The summed E-state index contributed by atoms with van der Waals surface area (Å²) in [6, 6.07) is 5.62. The second-order valence-corrected chi connectivity index (χ2v) is 7.47. The minimum absolute atomic E-state index is 0.357. The van der Waals surface area contributed by atoms with Crippen LogP contribution in [0.5, 0.6) is 0 Å². The van der Waals surface area contributed by atoms with E-state index in [-0.39, 0.29) is 11.2 Å². The standard InChI is InChI=1S/C15H20BBrClNO2/c1-14(2)15(3,4)21-16(20-14)11(9-19)7-10-8-12(18)5-6-13(10)17/h5-8H,9,19H2,1-4H3. The van der Waals surface area contributed by atoms with E-state index in [0.717, 1.165) is 15.5 Å². The third-order valence-electron chi connectivity index (χ3n) is 4.09.